The van der Waals surface area contributed by atoms with E-state index in [2.05, 4.69) is 15.3 Å². The third-order valence-corrected chi connectivity index (χ3v) is 5.93. The number of nitrogens with zero attached hydrogens (tertiary/aromatic N) is 2. The minimum Gasteiger partial charge on any atom is -0.497 e. The van der Waals surface area contributed by atoms with Crippen LogP contribution in [-0.2, 0) is 34.9 Å². The van der Waals surface area contributed by atoms with E-state index in [1.54, 1.807) is 0 Å². The van der Waals surface area contributed by atoms with Crippen molar-refractivity contribution >= 4 is 30.7 Å². The van der Waals surface area contributed by atoms with Gasteiger partial charge >= 0.3 is 19.1 Å². The van der Waals surface area contributed by atoms with E-state index in [1.807, 2.05) is 44.2 Å². The first-order valence-electron chi connectivity index (χ1n) is 12.3. The van der Waals surface area contributed by atoms with Gasteiger partial charge in [-0.3, -0.25) is 24.2 Å². The van der Waals surface area contributed by atoms with Gasteiger partial charge in [0.1, 0.15) is 5.69 Å². The molecule has 1 amide bonds. The number of rotatable bonds is 10. The highest BCUT2D eigenvalue weighted by Crippen LogP contribution is 2.29. The molecule has 0 saturated carbocycles. The van der Waals surface area contributed by atoms with Gasteiger partial charge in [-0.2, -0.15) is 0 Å². The third-order valence-electron chi connectivity index (χ3n) is 5.93. The Morgan fingerprint density at radius 2 is 1.68 bits per heavy atom. The molecule has 1 aliphatic heterocycles. The maximum Gasteiger partial charge on any atom is 0.602 e. The van der Waals surface area contributed by atoms with E-state index >= 15 is 0 Å². The van der Waals surface area contributed by atoms with Crippen molar-refractivity contribution in [3.8, 4) is 0 Å². The summed E-state index contributed by atoms with van der Waals surface area (Å²) >= 11 is 0. The zero-order chi connectivity index (χ0) is 26.9. The number of hydrogen-bond donors (Lipinski definition) is 1. The van der Waals surface area contributed by atoms with E-state index in [0.717, 1.165) is 5.56 Å². The van der Waals surface area contributed by atoms with Crippen molar-refractivity contribution in [3.63, 3.8) is 0 Å². The summed E-state index contributed by atoms with van der Waals surface area (Å²) in [5.74, 6) is -2.70. The van der Waals surface area contributed by atoms with Crippen LogP contribution >= 0.6 is 0 Å². The first-order valence-corrected chi connectivity index (χ1v) is 12.3. The number of carbonyl (C=O) groups excluding carboxylic acids is 4. The Balaban J connectivity index is 1.84. The molecule has 1 aliphatic rings. The van der Waals surface area contributed by atoms with Gasteiger partial charge in [0.25, 0.3) is 5.91 Å². The lowest BCUT2D eigenvalue weighted by molar-refractivity contribution is -0.167. The molecule has 1 aromatic carbocycles. The fraction of sp³-hybridized carbons (Fsp3) is 0.462. The number of amides is 1. The highest BCUT2D eigenvalue weighted by molar-refractivity contribution is 6.51. The molecule has 1 fully saturated rings. The van der Waals surface area contributed by atoms with E-state index in [4.69, 9.17) is 14.0 Å². The smallest absolute Gasteiger partial charge is 0.497 e. The molecule has 10 nitrogen and oxygen atoms in total. The molecule has 0 bridgehead atoms. The number of ether oxygens (including phenoxy) is 1. The number of carbonyl (C=O) groups is 4. The molecule has 1 saturated heterocycles. The highest BCUT2D eigenvalue weighted by atomic mass is 16.7. The number of Topliss-reactive ketones (excluding diaryl/α,β-unsaturated/α-hetero) is 1. The molecule has 2 heterocycles. The van der Waals surface area contributed by atoms with Crippen LogP contribution in [0.25, 0.3) is 0 Å². The fourth-order valence-electron chi connectivity index (χ4n) is 4.09. The van der Waals surface area contributed by atoms with Gasteiger partial charge in [-0.15, -0.1) is 0 Å². The average Bonchev–Trinajstić information content (AvgIpc) is 2.87. The summed E-state index contributed by atoms with van der Waals surface area (Å²) in [5.41, 5.74) is 0.933. The molecular formula is C26H32BN3O7. The SMILES string of the molecule is CC(C)C[C@H](CC(=O)[C@H](Cc1ccccc1)NC(=O)c1cnccn1)B1OC(=O)[C@H](C)O[C@@H](C)C(=O)O1. The van der Waals surface area contributed by atoms with Crippen LogP contribution in [0.3, 0.4) is 0 Å². The van der Waals surface area contributed by atoms with E-state index in [0.29, 0.717) is 6.42 Å². The normalized spacial score (nSPS) is 19.8. The van der Waals surface area contributed by atoms with Gasteiger partial charge in [-0.25, -0.2) is 4.98 Å². The molecule has 2 aromatic rings. The summed E-state index contributed by atoms with van der Waals surface area (Å²) in [4.78, 5) is 59.4. The van der Waals surface area contributed by atoms with Crippen LogP contribution < -0.4 is 5.32 Å². The van der Waals surface area contributed by atoms with Gasteiger partial charge in [-0.1, -0.05) is 44.2 Å². The van der Waals surface area contributed by atoms with Gasteiger partial charge in [0.05, 0.1) is 12.2 Å². The summed E-state index contributed by atoms with van der Waals surface area (Å²) in [6.07, 6.45) is 2.83. The minimum atomic E-state index is -1.26. The first-order chi connectivity index (χ1) is 17.6. The van der Waals surface area contributed by atoms with Gasteiger partial charge in [0, 0.05) is 24.6 Å². The fourth-order valence-corrected chi connectivity index (χ4v) is 4.09. The molecule has 3 rings (SSSR count). The summed E-state index contributed by atoms with van der Waals surface area (Å²) < 4.78 is 16.3. The molecule has 11 heteroatoms. The van der Waals surface area contributed by atoms with Gasteiger partial charge in [0.2, 0.25) is 0 Å². The Labute approximate surface area is 216 Å². The van der Waals surface area contributed by atoms with Crippen LogP contribution in [0, 0.1) is 5.92 Å². The van der Waals surface area contributed by atoms with Crippen LogP contribution in [0.15, 0.2) is 48.9 Å². The van der Waals surface area contributed by atoms with Crippen LogP contribution in [0.5, 0.6) is 0 Å². The lowest BCUT2D eigenvalue weighted by Crippen LogP contribution is -2.47. The van der Waals surface area contributed by atoms with Crippen molar-refractivity contribution in [2.45, 2.75) is 71.0 Å². The van der Waals surface area contributed by atoms with Gasteiger partial charge in [0.15, 0.2) is 18.0 Å². The Hall–Kier alpha value is -3.60. The quantitative estimate of drug-likeness (QED) is 0.480. The second-order valence-corrected chi connectivity index (χ2v) is 9.53. The largest absolute Gasteiger partial charge is 0.602 e. The van der Waals surface area contributed by atoms with Crippen LogP contribution in [0.1, 0.15) is 56.6 Å². The molecule has 0 radical (unpaired) electrons. The van der Waals surface area contributed by atoms with E-state index in [-0.39, 0.29) is 30.2 Å². The predicted molar refractivity (Wildman–Crippen MR) is 134 cm³/mol. The number of hydrogen-bond acceptors (Lipinski definition) is 9. The van der Waals surface area contributed by atoms with Crippen LogP contribution in [-0.4, -0.2) is 59.0 Å². The van der Waals surface area contributed by atoms with Gasteiger partial charge in [-0.05, 0) is 38.2 Å². The van der Waals surface area contributed by atoms with Crippen LogP contribution in [0.4, 0.5) is 0 Å². The maximum atomic E-state index is 13.6. The predicted octanol–water partition coefficient (Wildman–Crippen LogP) is 2.58. The Morgan fingerprint density at radius 1 is 1.03 bits per heavy atom. The Kier molecular flexibility index (Phi) is 9.90. The van der Waals surface area contributed by atoms with Crippen LogP contribution in [0.2, 0.25) is 5.82 Å². The van der Waals surface area contributed by atoms with E-state index in [9.17, 15) is 19.2 Å². The molecule has 4 atom stereocenters. The van der Waals surface area contributed by atoms with Crippen molar-refractivity contribution < 1.29 is 33.2 Å². The number of ketones is 1. The van der Waals surface area contributed by atoms with Gasteiger partial charge < -0.3 is 19.4 Å². The van der Waals surface area contributed by atoms with Crippen molar-refractivity contribution in [1.82, 2.24) is 15.3 Å². The molecule has 37 heavy (non-hydrogen) atoms. The molecule has 0 unspecified atom stereocenters. The van der Waals surface area contributed by atoms with E-state index < -0.39 is 49.0 Å². The Morgan fingerprint density at radius 3 is 2.24 bits per heavy atom. The summed E-state index contributed by atoms with van der Waals surface area (Å²) in [7, 11) is -1.26. The second kappa shape index (κ2) is 13.1. The Bertz CT molecular complexity index is 1060. The first kappa shape index (κ1) is 28.0. The molecular weight excluding hydrogens is 477 g/mol. The van der Waals surface area contributed by atoms with Crippen molar-refractivity contribution in [3.05, 3.63) is 60.2 Å². The molecule has 0 aliphatic carbocycles. The highest BCUT2D eigenvalue weighted by Gasteiger charge is 2.44. The lowest BCUT2D eigenvalue weighted by atomic mass is 9.64. The standard InChI is InChI=1S/C26H32BN3O7/c1-16(2)12-20(27-36-25(33)17(3)35-18(4)26(34)37-27)14-23(31)21(13-19-8-6-5-7-9-19)30-24(32)22-15-28-10-11-29-22/h5-11,15-18,20-21H,12-14H2,1-4H3,(H,30,32)/t17-,18-,20+,21-/m0/s1. The summed E-state index contributed by atoms with van der Waals surface area (Å²) in [6, 6.07) is 8.39. The molecule has 1 N–H and O–H groups in total. The van der Waals surface area contributed by atoms with Crippen molar-refractivity contribution in [2.24, 2.45) is 5.92 Å². The zero-order valence-corrected chi connectivity index (χ0v) is 21.5. The average molecular weight is 509 g/mol. The number of nitrogens with one attached hydrogen (secondary N) is 1. The summed E-state index contributed by atoms with van der Waals surface area (Å²) in [5, 5.41) is 2.77. The second-order valence-electron chi connectivity index (χ2n) is 9.53. The van der Waals surface area contributed by atoms with E-state index in [1.165, 1.54) is 32.4 Å². The van der Waals surface area contributed by atoms with Crippen molar-refractivity contribution in [2.75, 3.05) is 0 Å². The molecule has 1 aromatic heterocycles. The minimum absolute atomic E-state index is 0.0814. The summed E-state index contributed by atoms with van der Waals surface area (Å²) in [6.45, 7) is 6.90. The number of benzene rings is 1. The number of aromatic nitrogens is 2. The monoisotopic (exact) mass is 509 g/mol. The zero-order valence-electron chi connectivity index (χ0n) is 21.5. The van der Waals surface area contributed by atoms with Crippen molar-refractivity contribution in [1.29, 1.82) is 0 Å². The lowest BCUT2D eigenvalue weighted by Gasteiger charge is -2.29. The maximum absolute atomic E-state index is 13.6. The molecule has 0 spiro atoms. The molecule has 196 valence electrons. The third kappa shape index (κ3) is 8.21. The topological polar surface area (TPSA) is 134 Å².